The van der Waals surface area contributed by atoms with Crippen LogP contribution in [-0.4, -0.2) is 31.4 Å². The smallest absolute Gasteiger partial charge is 0.0782 e. The van der Waals surface area contributed by atoms with Gasteiger partial charge in [-0.05, 0) is 32.4 Å². The van der Waals surface area contributed by atoms with Gasteiger partial charge in [-0.3, -0.25) is 0 Å². The van der Waals surface area contributed by atoms with E-state index in [1.165, 1.54) is 0 Å². The average molecular weight is 330 g/mol. The Hall–Kier alpha value is -0.580. The minimum atomic E-state index is -0.475. The summed E-state index contributed by atoms with van der Waals surface area (Å²) in [4.78, 5) is 2.30. The van der Waals surface area contributed by atoms with E-state index in [4.69, 9.17) is 4.74 Å². The van der Waals surface area contributed by atoms with Crippen LogP contribution in [-0.2, 0) is 4.74 Å². The van der Waals surface area contributed by atoms with Gasteiger partial charge in [-0.25, -0.2) is 0 Å². The number of methoxy groups -OCH3 is 1. The van der Waals surface area contributed by atoms with Crippen LogP contribution >= 0.6 is 15.9 Å². The zero-order valence-electron chi connectivity index (χ0n) is 12.2. The van der Waals surface area contributed by atoms with Gasteiger partial charge in [-0.15, -0.1) is 0 Å². The van der Waals surface area contributed by atoms with Crippen LogP contribution in [0.5, 0.6) is 0 Å². The molecule has 0 radical (unpaired) electrons. The summed E-state index contributed by atoms with van der Waals surface area (Å²) in [6.07, 6.45) is 0.576. The first kappa shape index (κ1) is 16.5. The van der Waals surface area contributed by atoms with Crippen molar-refractivity contribution in [3.8, 4) is 0 Å². The molecule has 19 heavy (non-hydrogen) atoms. The lowest BCUT2D eigenvalue weighted by atomic mass is 10.1. The van der Waals surface area contributed by atoms with Crippen LogP contribution in [0.1, 0.15) is 38.9 Å². The molecule has 0 aliphatic heterocycles. The highest BCUT2D eigenvalue weighted by Crippen LogP contribution is 2.31. The first-order valence-electron chi connectivity index (χ1n) is 6.74. The number of nitrogens with zero attached hydrogens (tertiary/aromatic N) is 1. The summed E-state index contributed by atoms with van der Waals surface area (Å²) in [5.41, 5.74) is 2.04. The normalized spacial score (nSPS) is 14.2. The van der Waals surface area contributed by atoms with Gasteiger partial charge >= 0.3 is 0 Å². The largest absolute Gasteiger partial charge is 0.389 e. The van der Waals surface area contributed by atoms with Gasteiger partial charge in [0, 0.05) is 35.4 Å². The summed E-state index contributed by atoms with van der Waals surface area (Å²) in [7, 11) is 1.71. The lowest BCUT2D eigenvalue weighted by molar-refractivity contribution is 0.196. The maximum Gasteiger partial charge on any atom is 0.0782 e. The van der Waals surface area contributed by atoms with Crippen molar-refractivity contribution in [1.29, 1.82) is 0 Å². The lowest BCUT2D eigenvalue weighted by Crippen LogP contribution is -2.36. The summed E-state index contributed by atoms with van der Waals surface area (Å²) >= 11 is 3.51. The second-order valence-electron chi connectivity index (χ2n) is 4.82. The molecule has 0 heterocycles. The van der Waals surface area contributed by atoms with Gasteiger partial charge in [0.05, 0.1) is 12.7 Å². The van der Waals surface area contributed by atoms with Crippen LogP contribution in [0.2, 0.25) is 0 Å². The molecule has 0 fully saturated rings. The van der Waals surface area contributed by atoms with Gasteiger partial charge in [-0.2, -0.15) is 0 Å². The summed E-state index contributed by atoms with van der Waals surface area (Å²) in [6.45, 7) is 7.67. The van der Waals surface area contributed by atoms with Crippen molar-refractivity contribution in [2.45, 2.75) is 39.3 Å². The molecule has 0 spiro atoms. The van der Waals surface area contributed by atoms with Gasteiger partial charge in [0.15, 0.2) is 0 Å². The monoisotopic (exact) mass is 329 g/mol. The molecule has 1 N–H and O–H groups in total. The number of aliphatic hydroxyl groups excluding tert-OH is 1. The molecule has 3 nitrogen and oxygen atoms in total. The first-order valence-corrected chi connectivity index (χ1v) is 7.53. The lowest BCUT2D eigenvalue weighted by Gasteiger charge is -2.33. The number of aliphatic hydroxyl groups is 1. The zero-order chi connectivity index (χ0) is 14.4. The number of hydrogen-bond donors (Lipinski definition) is 1. The van der Waals surface area contributed by atoms with Crippen LogP contribution < -0.4 is 4.90 Å². The number of ether oxygens (including phenoxy) is 1. The van der Waals surface area contributed by atoms with Gasteiger partial charge < -0.3 is 14.7 Å². The van der Waals surface area contributed by atoms with Crippen LogP contribution in [0.25, 0.3) is 0 Å². The fourth-order valence-electron chi connectivity index (χ4n) is 2.11. The molecule has 0 amide bonds. The molecule has 0 saturated heterocycles. The van der Waals surface area contributed by atoms with Crippen LogP contribution in [0.4, 0.5) is 5.69 Å². The van der Waals surface area contributed by atoms with E-state index in [2.05, 4.69) is 40.7 Å². The molecule has 1 rings (SSSR count). The predicted molar refractivity (Wildman–Crippen MR) is 83.8 cm³/mol. The van der Waals surface area contributed by atoms with E-state index in [1.54, 1.807) is 14.0 Å². The Labute approximate surface area is 124 Å². The minimum Gasteiger partial charge on any atom is -0.389 e. The third-order valence-electron chi connectivity index (χ3n) is 3.41. The summed E-state index contributed by atoms with van der Waals surface area (Å²) in [5.74, 6) is 0. The molecular weight excluding hydrogens is 306 g/mol. The third-order valence-corrected chi connectivity index (χ3v) is 3.90. The number of halogens is 1. The summed E-state index contributed by atoms with van der Waals surface area (Å²) in [6, 6.07) is 6.43. The van der Waals surface area contributed by atoms with Crippen molar-refractivity contribution in [3.05, 3.63) is 28.2 Å². The van der Waals surface area contributed by atoms with Crippen molar-refractivity contribution in [2.75, 3.05) is 25.2 Å². The molecule has 0 aromatic heterocycles. The van der Waals surface area contributed by atoms with Gasteiger partial charge in [0.25, 0.3) is 0 Å². The van der Waals surface area contributed by atoms with Crippen molar-refractivity contribution >= 4 is 21.6 Å². The van der Waals surface area contributed by atoms with E-state index in [0.29, 0.717) is 12.6 Å². The van der Waals surface area contributed by atoms with Crippen LogP contribution in [0.3, 0.4) is 0 Å². The molecule has 2 unspecified atom stereocenters. The summed E-state index contributed by atoms with van der Waals surface area (Å²) < 4.78 is 6.23. The third kappa shape index (κ3) is 4.48. The Morgan fingerprint density at radius 2 is 2.05 bits per heavy atom. The van der Waals surface area contributed by atoms with Crippen molar-refractivity contribution < 1.29 is 9.84 Å². The van der Waals surface area contributed by atoms with Gasteiger partial charge in [-0.1, -0.05) is 28.9 Å². The van der Waals surface area contributed by atoms with Crippen LogP contribution in [0.15, 0.2) is 22.7 Å². The maximum absolute atomic E-state index is 9.95. The molecule has 0 bridgehead atoms. The van der Waals surface area contributed by atoms with Crippen molar-refractivity contribution in [3.63, 3.8) is 0 Å². The molecule has 1 aromatic rings. The molecule has 0 aliphatic carbocycles. The van der Waals surface area contributed by atoms with Gasteiger partial charge in [0.1, 0.15) is 0 Å². The van der Waals surface area contributed by atoms with Crippen LogP contribution in [0, 0.1) is 0 Å². The van der Waals surface area contributed by atoms with E-state index >= 15 is 0 Å². The highest BCUT2D eigenvalue weighted by Gasteiger charge is 2.18. The SMILES string of the molecule is CCC(C)N(CCOC)c1cc(Br)ccc1C(C)O. The molecule has 108 valence electrons. The fourth-order valence-corrected chi connectivity index (χ4v) is 2.46. The highest BCUT2D eigenvalue weighted by atomic mass is 79.9. The first-order chi connectivity index (χ1) is 9.01. The fraction of sp³-hybridized carbons (Fsp3) is 0.600. The van der Waals surface area contributed by atoms with E-state index in [-0.39, 0.29) is 0 Å². The van der Waals surface area contributed by atoms with Crippen molar-refractivity contribution in [1.82, 2.24) is 0 Å². The molecule has 0 aliphatic rings. The van der Waals surface area contributed by atoms with E-state index in [0.717, 1.165) is 28.7 Å². The molecular formula is C15H24BrNO2. The highest BCUT2D eigenvalue weighted by molar-refractivity contribution is 9.10. The van der Waals surface area contributed by atoms with Crippen molar-refractivity contribution in [2.24, 2.45) is 0 Å². The maximum atomic E-state index is 9.95. The van der Waals surface area contributed by atoms with Gasteiger partial charge in [0.2, 0.25) is 0 Å². The quantitative estimate of drug-likeness (QED) is 0.826. The zero-order valence-corrected chi connectivity index (χ0v) is 13.8. The Bertz CT molecular complexity index is 396. The number of rotatable bonds is 7. The van der Waals surface area contributed by atoms with E-state index < -0.39 is 6.10 Å². The Morgan fingerprint density at radius 1 is 1.37 bits per heavy atom. The number of anilines is 1. The predicted octanol–water partition coefficient (Wildman–Crippen LogP) is 3.75. The molecule has 4 heteroatoms. The second kappa shape index (κ2) is 7.88. The number of benzene rings is 1. The number of hydrogen-bond acceptors (Lipinski definition) is 3. The average Bonchev–Trinajstić information content (AvgIpc) is 2.38. The van der Waals surface area contributed by atoms with E-state index in [9.17, 15) is 5.11 Å². The Balaban J connectivity index is 3.15. The standard InChI is InChI=1S/C15H24BrNO2/c1-5-11(2)17(8-9-19-4)15-10-13(16)6-7-14(15)12(3)18/h6-7,10-12,18H,5,8-9H2,1-4H3. The Kier molecular flexibility index (Phi) is 6.83. The molecule has 0 saturated carbocycles. The van der Waals surface area contributed by atoms with E-state index in [1.807, 2.05) is 12.1 Å². The molecule has 1 aromatic carbocycles. The summed E-state index contributed by atoms with van der Waals surface area (Å²) in [5, 5.41) is 9.95. The molecule has 2 atom stereocenters. The minimum absolute atomic E-state index is 0.405. The Morgan fingerprint density at radius 3 is 2.58 bits per heavy atom. The topological polar surface area (TPSA) is 32.7 Å². The second-order valence-corrected chi connectivity index (χ2v) is 5.74.